The highest BCUT2D eigenvalue weighted by molar-refractivity contribution is 5.85. The standard InChI is InChI=1S/C7H12O.ClH/c8-7-4-5-1-2-6(7)3-5;/h5-8H,1-4H2;1H/t5?,6?,7-;/m1./s1. The number of aliphatic hydroxyl groups is 1. The van der Waals surface area contributed by atoms with Crippen molar-refractivity contribution in [1.82, 2.24) is 0 Å². The molecule has 0 amide bonds. The highest BCUT2D eigenvalue weighted by Gasteiger charge is 2.38. The molecule has 0 aromatic heterocycles. The van der Waals surface area contributed by atoms with Crippen LogP contribution in [0.25, 0.3) is 0 Å². The van der Waals surface area contributed by atoms with Gasteiger partial charge in [-0.3, -0.25) is 0 Å². The van der Waals surface area contributed by atoms with Crippen LogP contribution in [0.1, 0.15) is 25.7 Å². The van der Waals surface area contributed by atoms with E-state index >= 15 is 0 Å². The van der Waals surface area contributed by atoms with Crippen LogP contribution in [0.2, 0.25) is 0 Å². The lowest BCUT2D eigenvalue weighted by Crippen LogP contribution is -2.14. The molecule has 0 radical (unpaired) electrons. The maximum Gasteiger partial charge on any atom is 0.0571 e. The lowest BCUT2D eigenvalue weighted by molar-refractivity contribution is 0.113. The summed E-state index contributed by atoms with van der Waals surface area (Å²) in [6.07, 6.45) is 5.19. The lowest BCUT2D eigenvalue weighted by Gasteiger charge is -2.14. The van der Waals surface area contributed by atoms with Gasteiger partial charge in [-0.05, 0) is 37.5 Å². The van der Waals surface area contributed by atoms with Gasteiger partial charge in [0.2, 0.25) is 0 Å². The molecule has 9 heavy (non-hydrogen) atoms. The van der Waals surface area contributed by atoms with Gasteiger partial charge in [-0.15, -0.1) is 12.4 Å². The minimum atomic E-state index is 0. The molecule has 2 rings (SSSR count). The normalized spacial score (nSPS) is 47.0. The summed E-state index contributed by atoms with van der Waals surface area (Å²) in [6, 6.07) is 0. The first-order valence-electron chi connectivity index (χ1n) is 3.54. The molecular weight excluding hydrogens is 136 g/mol. The summed E-state index contributed by atoms with van der Waals surface area (Å²) in [4.78, 5) is 0. The van der Waals surface area contributed by atoms with Gasteiger partial charge in [-0.1, -0.05) is 0 Å². The van der Waals surface area contributed by atoms with Gasteiger partial charge in [-0.2, -0.15) is 0 Å². The molecule has 2 aliphatic rings. The molecular formula is C7H13ClO. The molecule has 1 nitrogen and oxygen atoms in total. The van der Waals surface area contributed by atoms with E-state index in [4.69, 9.17) is 0 Å². The summed E-state index contributed by atoms with van der Waals surface area (Å²) >= 11 is 0. The molecule has 0 saturated heterocycles. The second-order valence-electron chi connectivity index (χ2n) is 3.24. The molecule has 2 bridgehead atoms. The third-order valence-electron chi connectivity index (χ3n) is 2.70. The minimum absolute atomic E-state index is 0. The summed E-state index contributed by atoms with van der Waals surface area (Å²) in [6.45, 7) is 0. The molecule has 0 aliphatic heterocycles. The van der Waals surface area contributed by atoms with Crippen molar-refractivity contribution in [3.63, 3.8) is 0 Å². The zero-order valence-corrected chi connectivity index (χ0v) is 6.23. The van der Waals surface area contributed by atoms with E-state index in [1.54, 1.807) is 0 Å². The third-order valence-corrected chi connectivity index (χ3v) is 2.70. The fourth-order valence-corrected chi connectivity index (χ4v) is 2.21. The molecule has 2 saturated carbocycles. The number of halogens is 1. The minimum Gasteiger partial charge on any atom is -0.393 e. The van der Waals surface area contributed by atoms with Crippen molar-refractivity contribution < 1.29 is 5.11 Å². The van der Waals surface area contributed by atoms with Crippen molar-refractivity contribution in [2.24, 2.45) is 11.8 Å². The van der Waals surface area contributed by atoms with Crippen LogP contribution in [0.15, 0.2) is 0 Å². The predicted octanol–water partition coefficient (Wildman–Crippen LogP) is 1.59. The molecule has 2 aliphatic carbocycles. The molecule has 0 heterocycles. The molecule has 1 N–H and O–H groups in total. The number of hydrogen-bond acceptors (Lipinski definition) is 1. The Morgan fingerprint density at radius 3 is 2.11 bits per heavy atom. The molecule has 2 fully saturated rings. The number of hydrogen-bond donors (Lipinski definition) is 1. The average molecular weight is 149 g/mol. The van der Waals surface area contributed by atoms with Gasteiger partial charge >= 0.3 is 0 Å². The van der Waals surface area contributed by atoms with E-state index in [0.717, 1.165) is 12.3 Å². The Hall–Kier alpha value is 0.250. The number of aliphatic hydroxyl groups excluding tert-OH is 1. The van der Waals surface area contributed by atoms with Gasteiger partial charge in [0, 0.05) is 0 Å². The Labute approximate surface area is 61.9 Å². The summed E-state index contributed by atoms with van der Waals surface area (Å²) in [5.41, 5.74) is 0. The van der Waals surface area contributed by atoms with Crippen LogP contribution >= 0.6 is 12.4 Å². The van der Waals surface area contributed by atoms with Crippen molar-refractivity contribution in [3.8, 4) is 0 Å². The maximum absolute atomic E-state index is 9.22. The van der Waals surface area contributed by atoms with Crippen molar-refractivity contribution in [2.45, 2.75) is 31.8 Å². The van der Waals surface area contributed by atoms with Gasteiger partial charge in [0.15, 0.2) is 0 Å². The smallest absolute Gasteiger partial charge is 0.0571 e. The maximum atomic E-state index is 9.22. The molecule has 0 aromatic rings. The molecule has 3 atom stereocenters. The van der Waals surface area contributed by atoms with Crippen LogP contribution < -0.4 is 0 Å². The molecule has 0 spiro atoms. The van der Waals surface area contributed by atoms with Crippen molar-refractivity contribution >= 4 is 12.4 Å². The van der Waals surface area contributed by atoms with E-state index < -0.39 is 0 Å². The van der Waals surface area contributed by atoms with Crippen LogP contribution in [0.4, 0.5) is 0 Å². The fourth-order valence-electron chi connectivity index (χ4n) is 2.21. The Balaban J connectivity index is 0.000000405. The Morgan fingerprint density at radius 1 is 1.11 bits per heavy atom. The van der Waals surface area contributed by atoms with Crippen LogP contribution in [-0.2, 0) is 0 Å². The molecule has 0 aromatic carbocycles. The van der Waals surface area contributed by atoms with Crippen LogP contribution in [0, 0.1) is 11.8 Å². The second-order valence-corrected chi connectivity index (χ2v) is 3.24. The van der Waals surface area contributed by atoms with Crippen LogP contribution in [-0.4, -0.2) is 11.2 Å². The van der Waals surface area contributed by atoms with E-state index in [1.807, 2.05) is 0 Å². The topological polar surface area (TPSA) is 20.2 Å². The van der Waals surface area contributed by atoms with E-state index in [2.05, 4.69) is 0 Å². The quantitative estimate of drug-likeness (QED) is 0.553. The van der Waals surface area contributed by atoms with Gasteiger partial charge in [-0.25, -0.2) is 0 Å². The van der Waals surface area contributed by atoms with Crippen molar-refractivity contribution in [2.75, 3.05) is 0 Å². The Morgan fingerprint density at radius 2 is 1.89 bits per heavy atom. The highest BCUT2D eigenvalue weighted by Crippen LogP contribution is 2.44. The van der Waals surface area contributed by atoms with Crippen molar-refractivity contribution in [1.29, 1.82) is 0 Å². The predicted molar refractivity (Wildman–Crippen MR) is 38.7 cm³/mol. The largest absolute Gasteiger partial charge is 0.393 e. The van der Waals surface area contributed by atoms with Gasteiger partial charge in [0.1, 0.15) is 0 Å². The summed E-state index contributed by atoms with van der Waals surface area (Å²) in [5.74, 6) is 1.59. The SMILES string of the molecule is Cl.O[C@@H]1CC2CCC1C2. The monoisotopic (exact) mass is 148 g/mol. The third kappa shape index (κ3) is 1.08. The van der Waals surface area contributed by atoms with Gasteiger partial charge in [0.05, 0.1) is 6.10 Å². The summed E-state index contributed by atoms with van der Waals surface area (Å²) in [5, 5.41) is 9.22. The van der Waals surface area contributed by atoms with Crippen LogP contribution in [0.5, 0.6) is 0 Å². The molecule has 2 unspecified atom stereocenters. The van der Waals surface area contributed by atoms with Crippen molar-refractivity contribution in [3.05, 3.63) is 0 Å². The first-order chi connectivity index (χ1) is 3.86. The van der Waals surface area contributed by atoms with E-state index in [0.29, 0.717) is 5.92 Å². The van der Waals surface area contributed by atoms with E-state index in [1.165, 1.54) is 19.3 Å². The highest BCUT2D eigenvalue weighted by atomic mass is 35.5. The first-order valence-corrected chi connectivity index (χ1v) is 3.54. The molecule has 2 heteroatoms. The molecule has 54 valence electrons. The Bertz CT molecular complexity index is 103. The van der Waals surface area contributed by atoms with Gasteiger partial charge < -0.3 is 5.11 Å². The number of rotatable bonds is 0. The van der Waals surface area contributed by atoms with Crippen LogP contribution in [0.3, 0.4) is 0 Å². The fraction of sp³-hybridized carbons (Fsp3) is 1.00. The lowest BCUT2D eigenvalue weighted by atomic mass is 9.98. The van der Waals surface area contributed by atoms with Gasteiger partial charge in [0.25, 0.3) is 0 Å². The summed E-state index contributed by atoms with van der Waals surface area (Å²) < 4.78 is 0. The average Bonchev–Trinajstić information content (AvgIpc) is 2.23. The number of fused-ring (bicyclic) bond motifs is 2. The zero-order chi connectivity index (χ0) is 5.56. The second kappa shape index (κ2) is 2.47. The van der Waals surface area contributed by atoms with E-state index in [9.17, 15) is 5.11 Å². The summed E-state index contributed by atoms with van der Waals surface area (Å²) in [7, 11) is 0. The first kappa shape index (κ1) is 7.36. The zero-order valence-electron chi connectivity index (χ0n) is 5.42. The Kier molecular flexibility index (Phi) is 2.02. The van der Waals surface area contributed by atoms with E-state index in [-0.39, 0.29) is 18.5 Å².